The summed E-state index contributed by atoms with van der Waals surface area (Å²) >= 11 is 0. The summed E-state index contributed by atoms with van der Waals surface area (Å²) in [6.45, 7) is 1.53. The Hall–Kier alpha value is -1.95. The van der Waals surface area contributed by atoms with Gasteiger partial charge in [-0.2, -0.15) is 23.4 Å². The van der Waals surface area contributed by atoms with Gasteiger partial charge in [0.25, 0.3) is 0 Å². The highest BCUT2D eigenvalue weighted by molar-refractivity contribution is 5.37. The Balaban J connectivity index is 2.37. The highest BCUT2D eigenvalue weighted by Crippen LogP contribution is 2.32. The highest BCUT2D eigenvalue weighted by Gasteiger charge is 2.31. The van der Waals surface area contributed by atoms with Gasteiger partial charge in [0.15, 0.2) is 0 Å². The Bertz CT molecular complexity index is 570. The topological polar surface area (TPSA) is 46.0 Å². The number of nitrogens with zero attached hydrogens (tertiary/aromatic N) is 2. The molecule has 0 saturated heterocycles. The number of hydrogen-bond acceptors (Lipinski definition) is 3. The second-order valence-electron chi connectivity index (χ2n) is 4.15. The van der Waals surface area contributed by atoms with Crippen LogP contribution in [0.15, 0.2) is 36.7 Å². The maximum absolute atomic E-state index is 12.5. The molecular weight excluding hydrogens is 257 g/mol. The van der Waals surface area contributed by atoms with E-state index in [1.165, 1.54) is 25.4 Å². The first kappa shape index (κ1) is 13.5. The maximum Gasteiger partial charge on any atom is 0.416 e. The number of aryl methyl sites for hydroxylation is 1. The van der Waals surface area contributed by atoms with Gasteiger partial charge in [-0.1, -0.05) is 6.07 Å². The largest absolute Gasteiger partial charge is 0.416 e. The third-order valence-electron chi connectivity index (χ3n) is 2.81. The fourth-order valence-corrected chi connectivity index (χ4v) is 1.80. The van der Waals surface area contributed by atoms with Crippen LogP contribution in [-0.2, 0) is 6.18 Å². The quantitative estimate of drug-likeness (QED) is 0.911. The third kappa shape index (κ3) is 2.90. The third-order valence-corrected chi connectivity index (χ3v) is 2.81. The number of benzene rings is 1. The lowest BCUT2D eigenvalue weighted by Gasteiger charge is -2.15. The number of aliphatic hydroxyl groups is 1. The average molecular weight is 268 g/mol. The van der Waals surface area contributed by atoms with Crippen LogP contribution in [-0.4, -0.2) is 15.3 Å². The molecule has 0 aliphatic heterocycles. The number of hydrogen-bond donors (Lipinski definition) is 1. The van der Waals surface area contributed by atoms with Crippen LogP contribution in [0.1, 0.15) is 28.4 Å². The first-order chi connectivity index (χ1) is 8.89. The SMILES string of the molecule is Cc1cc(C(F)(F)F)ccc1C(O)c1ccnnc1. The molecule has 2 rings (SSSR count). The van der Waals surface area contributed by atoms with E-state index in [-0.39, 0.29) is 0 Å². The summed E-state index contributed by atoms with van der Waals surface area (Å²) in [5.74, 6) is 0. The molecule has 1 unspecified atom stereocenters. The van der Waals surface area contributed by atoms with Gasteiger partial charge < -0.3 is 5.11 Å². The molecule has 0 amide bonds. The van der Waals surface area contributed by atoms with Gasteiger partial charge >= 0.3 is 6.18 Å². The van der Waals surface area contributed by atoms with Gasteiger partial charge in [0.1, 0.15) is 6.10 Å². The number of halogens is 3. The Morgan fingerprint density at radius 2 is 1.89 bits per heavy atom. The highest BCUT2D eigenvalue weighted by atomic mass is 19.4. The molecule has 0 radical (unpaired) electrons. The summed E-state index contributed by atoms with van der Waals surface area (Å²) < 4.78 is 37.6. The second kappa shape index (κ2) is 4.97. The zero-order chi connectivity index (χ0) is 14.0. The summed E-state index contributed by atoms with van der Waals surface area (Å²) in [7, 11) is 0. The molecule has 3 nitrogen and oxygen atoms in total. The molecule has 1 aromatic carbocycles. The van der Waals surface area contributed by atoms with Gasteiger partial charge in [0.2, 0.25) is 0 Å². The van der Waals surface area contributed by atoms with Crippen molar-refractivity contribution in [2.45, 2.75) is 19.2 Å². The first-order valence-electron chi connectivity index (χ1n) is 5.52. The fraction of sp³-hybridized carbons (Fsp3) is 0.231. The van der Waals surface area contributed by atoms with Gasteiger partial charge in [-0.05, 0) is 36.2 Å². The predicted molar refractivity (Wildman–Crippen MR) is 62.3 cm³/mol. The second-order valence-corrected chi connectivity index (χ2v) is 4.15. The molecule has 1 aromatic heterocycles. The van der Waals surface area contributed by atoms with Crippen molar-refractivity contribution < 1.29 is 18.3 Å². The van der Waals surface area contributed by atoms with E-state index in [0.717, 1.165) is 12.1 Å². The van der Waals surface area contributed by atoms with Crippen LogP contribution in [0.4, 0.5) is 13.2 Å². The molecule has 1 N–H and O–H groups in total. The van der Waals surface area contributed by atoms with Crippen molar-refractivity contribution in [1.29, 1.82) is 0 Å². The van der Waals surface area contributed by atoms with Gasteiger partial charge in [-0.25, -0.2) is 0 Å². The Labute approximate surface area is 107 Å². The fourth-order valence-electron chi connectivity index (χ4n) is 1.80. The van der Waals surface area contributed by atoms with E-state index in [4.69, 9.17) is 0 Å². The summed E-state index contributed by atoms with van der Waals surface area (Å²) in [5.41, 5.74) is 0.548. The zero-order valence-corrected chi connectivity index (χ0v) is 10.0. The van der Waals surface area contributed by atoms with Crippen molar-refractivity contribution in [1.82, 2.24) is 10.2 Å². The number of aliphatic hydroxyl groups excluding tert-OH is 1. The van der Waals surface area contributed by atoms with Crippen LogP contribution in [0.5, 0.6) is 0 Å². The summed E-state index contributed by atoms with van der Waals surface area (Å²) in [4.78, 5) is 0. The number of rotatable bonds is 2. The van der Waals surface area contributed by atoms with Crippen molar-refractivity contribution >= 4 is 0 Å². The Morgan fingerprint density at radius 1 is 1.16 bits per heavy atom. The Morgan fingerprint density at radius 3 is 2.42 bits per heavy atom. The van der Waals surface area contributed by atoms with Crippen LogP contribution in [0, 0.1) is 6.92 Å². The smallest absolute Gasteiger partial charge is 0.384 e. The minimum absolute atomic E-state index is 0.374. The van der Waals surface area contributed by atoms with Crippen molar-refractivity contribution in [2.75, 3.05) is 0 Å². The summed E-state index contributed by atoms with van der Waals surface area (Å²) in [6, 6.07) is 4.82. The molecule has 2 aromatic rings. The van der Waals surface area contributed by atoms with Gasteiger partial charge in [-0.15, -0.1) is 0 Å². The van der Waals surface area contributed by atoms with E-state index >= 15 is 0 Å². The van der Waals surface area contributed by atoms with Crippen LogP contribution >= 0.6 is 0 Å². The molecule has 100 valence electrons. The lowest BCUT2D eigenvalue weighted by Crippen LogP contribution is -2.08. The summed E-state index contributed by atoms with van der Waals surface area (Å²) in [5, 5.41) is 17.3. The number of aromatic nitrogens is 2. The summed E-state index contributed by atoms with van der Waals surface area (Å²) in [6.07, 6.45) is -2.61. The van der Waals surface area contributed by atoms with Gasteiger partial charge in [0, 0.05) is 11.8 Å². The number of alkyl halides is 3. The standard InChI is InChI=1S/C13H11F3N2O/c1-8-6-10(13(14,15)16)2-3-11(8)12(19)9-4-5-17-18-7-9/h2-7,12,19H,1H3. The molecule has 0 bridgehead atoms. The van der Waals surface area contributed by atoms with E-state index in [1.807, 2.05) is 0 Å². The molecule has 0 saturated carbocycles. The molecule has 0 aliphatic carbocycles. The van der Waals surface area contributed by atoms with Gasteiger partial charge in [0.05, 0.1) is 11.8 Å². The van der Waals surface area contributed by atoms with Crippen LogP contribution in [0.25, 0.3) is 0 Å². The van der Waals surface area contributed by atoms with Crippen LogP contribution in [0.2, 0.25) is 0 Å². The van der Waals surface area contributed by atoms with Crippen molar-refractivity contribution in [3.05, 3.63) is 58.9 Å². The molecule has 6 heteroatoms. The molecule has 1 atom stereocenters. The monoisotopic (exact) mass is 268 g/mol. The lowest BCUT2D eigenvalue weighted by atomic mass is 9.97. The van der Waals surface area contributed by atoms with Crippen molar-refractivity contribution in [3.63, 3.8) is 0 Å². The minimum atomic E-state index is -4.38. The minimum Gasteiger partial charge on any atom is -0.384 e. The van der Waals surface area contributed by atoms with Crippen molar-refractivity contribution in [2.24, 2.45) is 0 Å². The lowest BCUT2D eigenvalue weighted by molar-refractivity contribution is -0.137. The van der Waals surface area contributed by atoms with E-state index in [0.29, 0.717) is 16.7 Å². The maximum atomic E-state index is 12.5. The average Bonchev–Trinajstić information content (AvgIpc) is 2.38. The molecular formula is C13H11F3N2O. The van der Waals surface area contributed by atoms with E-state index in [1.54, 1.807) is 6.07 Å². The first-order valence-corrected chi connectivity index (χ1v) is 5.52. The van der Waals surface area contributed by atoms with E-state index in [2.05, 4.69) is 10.2 Å². The van der Waals surface area contributed by atoms with Crippen molar-refractivity contribution in [3.8, 4) is 0 Å². The molecule has 19 heavy (non-hydrogen) atoms. The van der Waals surface area contributed by atoms with E-state index in [9.17, 15) is 18.3 Å². The molecule has 0 spiro atoms. The van der Waals surface area contributed by atoms with Crippen LogP contribution < -0.4 is 0 Å². The molecule has 0 aliphatic rings. The van der Waals surface area contributed by atoms with E-state index < -0.39 is 17.8 Å². The normalized spacial score (nSPS) is 13.3. The molecule has 0 fully saturated rings. The molecule has 1 heterocycles. The van der Waals surface area contributed by atoms with Crippen LogP contribution in [0.3, 0.4) is 0 Å². The van der Waals surface area contributed by atoms with Gasteiger partial charge in [-0.3, -0.25) is 0 Å². The zero-order valence-electron chi connectivity index (χ0n) is 10.0. The Kier molecular flexibility index (Phi) is 3.53. The predicted octanol–water partition coefficient (Wildman–Crippen LogP) is 2.89.